The maximum atomic E-state index is 2.52. The molecule has 8 aromatic rings. The second-order valence-electron chi connectivity index (χ2n) is 15.8. The molecule has 0 heterocycles. The monoisotopic (exact) mass is 717 g/mol. The van der Waals surface area contributed by atoms with Gasteiger partial charge in [-0.1, -0.05) is 183 Å². The molecule has 0 unspecified atom stereocenters. The molecule has 3 aliphatic carbocycles. The van der Waals surface area contributed by atoms with Crippen molar-refractivity contribution in [1.82, 2.24) is 0 Å². The normalized spacial score (nSPS) is 14.9. The van der Waals surface area contributed by atoms with Gasteiger partial charge >= 0.3 is 0 Å². The highest BCUT2D eigenvalue weighted by molar-refractivity contribution is 5.98. The third-order valence-electron chi connectivity index (χ3n) is 12.9. The van der Waals surface area contributed by atoms with Crippen LogP contribution in [0.25, 0.3) is 44.5 Å². The van der Waals surface area contributed by atoms with Crippen LogP contribution in [0.5, 0.6) is 0 Å². The van der Waals surface area contributed by atoms with Crippen LogP contribution in [0.2, 0.25) is 0 Å². The summed E-state index contributed by atoms with van der Waals surface area (Å²) in [6.07, 6.45) is 6.61. The summed E-state index contributed by atoms with van der Waals surface area (Å²) in [5, 5.41) is 0. The van der Waals surface area contributed by atoms with Gasteiger partial charge in [0.1, 0.15) is 0 Å². The highest BCUT2D eigenvalue weighted by Crippen LogP contribution is 2.63. The van der Waals surface area contributed by atoms with Crippen LogP contribution in [0.1, 0.15) is 65.8 Å². The average molecular weight is 718 g/mol. The van der Waals surface area contributed by atoms with Gasteiger partial charge in [-0.2, -0.15) is 0 Å². The van der Waals surface area contributed by atoms with Gasteiger partial charge in [-0.3, -0.25) is 0 Å². The van der Waals surface area contributed by atoms with Crippen LogP contribution in [-0.4, -0.2) is 0 Å². The molecular formula is C55H43N. The van der Waals surface area contributed by atoms with Crippen LogP contribution in [0.3, 0.4) is 0 Å². The summed E-state index contributed by atoms with van der Waals surface area (Å²) in [4.78, 5) is 2.52. The highest BCUT2D eigenvalue weighted by Gasteiger charge is 2.51. The Labute approximate surface area is 330 Å². The zero-order valence-electron chi connectivity index (χ0n) is 31.5. The smallest absolute Gasteiger partial charge is 0.0726 e. The van der Waals surface area contributed by atoms with Crippen molar-refractivity contribution >= 4 is 17.1 Å². The molecule has 11 rings (SSSR count). The second kappa shape index (κ2) is 13.4. The molecule has 268 valence electrons. The fourth-order valence-corrected chi connectivity index (χ4v) is 10.5. The first-order valence-corrected chi connectivity index (χ1v) is 20.4. The van der Waals surface area contributed by atoms with Gasteiger partial charge in [0.05, 0.1) is 11.1 Å². The lowest BCUT2D eigenvalue weighted by Crippen LogP contribution is -2.26. The van der Waals surface area contributed by atoms with Crippen molar-refractivity contribution < 1.29 is 0 Å². The number of anilines is 3. The zero-order valence-corrected chi connectivity index (χ0v) is 31.5. The van der Waals surface area contributed by atoms with Crippen molar-refractivity contribution in [3.05, 3.63) is 222 Å². The lowest BCUT2D eigenvalue weighted by molar-refractivity contribution is 0.443. The van der Waals surface area contributed by atoms with E-state index < -0.39 is 5.41 Å². The van der Waals surface area contributed by atoms with E-state index in [-0.39, 0.29) is 0 Å². The van der Waals surface area contributed by atoms with Crippen LogP contribution >= 0.6 is 0 Å². The van der Waals surface area contributed by atoms with Gasteiger partial charge < -0.3 is 4.90 Å². The van der Waals surface area contributed by atoms with Gasteiger partial charge in [0.15, 0.2) is 0 Å². The number of para-hydroxylation sites is 1. The van der Waals surface area contributed by atoms with Crippen LogP contribution in [0.15, 0.2) is 194 Å². The Bertz CT molecular complexity index is 2670. The molecule has 1 spiro atoms. The third kappa shape index (κ3) is 5.00. The summed E-state index contributed by atoms with van der Waals surface area (Å²) in [7, 11) is 0. The SMILES string of the molecule is c1ccc(-c2ccccc2-c2ccccc2N(c2ccc(C3CCCCC3)cc2)c2ccc3c(c2)C2(c4ccccc4-c4ccccc42)c2ccccc2-3)cc1. The molecule has 0 amide bonds. The number of benzene rings is 8. The molecule has 1 heteroatoms. The van der Waals surface area contributed by atoms with Crippen molar-refractivity contribution in [1.29, 1.82) is 0 Å². The molecule has 8 aromatic carbocycles. The molecule has 0 aromatic heterocycles. The maximum absolute atomic E-state index is 2.52. The van der Waals surface area contributed by atoms with Gasteiger partial charge in [0, 0.05) is 16.9 Å². The third-order valence-corrected chi connectivity index (χ3v) is 12.9. The molecule has 0 aliphatic heterocycles. The van der Waals surface area contributed by atoms with E-state index in [1.165, 1.54) is 110 Å². The van der Waals surface area contributed by atoms with Crippen molar-refractivity contribution in [3.8, 4) is 44.5 Å². The molecule has 1 nitrogen and oxygen atoms in total. The number of fused-ring (bicyclic) bond motifs is 10. The molecule has 1 saturated carbocycles. The predicted molar refractivity (Wildman–Crippen MR) is 234 cm³/mol. The predicted octanol–water partition coefficient (Wildman–Crippen LogP) is 14.9. The lowest BCUT2D eigenvalue weighted by Gasteiger charge is -2.33. The van der Waals surface area contributed by atoms with Gasteiger partial charge in [0.2, 0.25) is 0 Å². The standard InChI is InChI=1S/C55H43N/c1-3-17-38(18-4-1)39-31-33-41(34-32-39)56(54-30-16-12-26-49(54)44-22-8-7-21-43(44)40-19-5-2-6-20-40)42-35-36-48-47-25-11-15-29-52(47)55(53(48)37-42)50-27-13-9-23-45(50)46-24-10-14-28-51(46)55/h2,5-16,19-38H,1,3-4,17-18H2. The highest BCUT2D eigenvalue weighted by atomic mass is 15.1. The molecule has 0 saturated heterocycles. The van der Waals surface area contributed by atoms with Gasteiger partial charge in [-0.05, 0) is 116 Å². The minimum Gasteiger partial charge on any atom is -0.310 e. The summed E-state index contributed by atoms with van der Waals surface area (Å²) < 4.78 is 0. The van der Waals surface area contributed by atoms with E-state index in [0.29, 0.717) is 5.92 Å². The Kier molecular flexibility index (Phi) is 7.88. The number of rotatable bonds is 6. The second-order valence-corrected chi connectivity index (χ2v) is 15.8. The Morgan fingerprint density at radius 1 is 0.357 bits per heavy atom. The molecule has 1 fully saturated rings. The van der Waals surface area contributed by atoms with Crippen molar-refractivity contribution in [2.75, 3.05) is 4.90 Å². The van der Waals surface area contributed by atoms with Gasteiger partial charge in [-0.15, -0.1) is 0 Å². The van der Waals surface area contributed by atoms with E-state index in [9.17, 15) is 0 Å². The maximum Gasteiger partial charge on any atom is 0.0726 e. The van der Waals surface area contributed by atoms with Crippen molar-refractivity contribution in [2.45, 2.75) is 43.4 Å². The fourth-order valence-electron chi connectivity index (χ4n) is 10.5. The largest absolute Gasteiger partial charge is 0.310 e. The zero-order chi connectivity index (χ0) is 37.1. The van der Waals surface area contributed by atoms with Crippen LogP contribution in [0.4, 0.5) is 17.1 Å². The summed E-state index contributed by atoms with van der Waals surface area (Å²) >= 11 is 0. The Balaban J connectivity index is 1.15. The molecule has 0 N–H and O–H groups in total. The van der Waals surface area contributed by atoms with E-state index in [1.54, 1.807) is 0 Å². The van der Waals surface area contributed by atoms with Crippen LogP contribution in [-0.2, 0) is 5.41 Å². The van der Waals surface area contributed by atoms with Crippen molar-refractivity contribution in [2.24, 2.45) is 0 Å². The molecule has 0 radical (unpaired) electrons. The fraction of sp³-hybridized carbons (Fsp3) is 0.127. The Morgan fingerprint density at radius 2 is 0.839 bits per heavy atom. The average Bonchev–Trinajstić information content (AvgIpc) is 3.75. The van der Waals surface area contributed by atoms with E-state index in [2.05, 4.69) is 199 Å². The van der Waals surface area contributed by atoms with Gasteiger partial charge in [-0.25, -0.2) is 0 Å². The number of nitrogens with zero attached hydrogens (tertiary/aromatic N) is 1. The summed E-state index contributed by atoms with van der Waals surface area (Å²) in [5.74, 6) is 0.650. The lowest BCUT2D eigenvalue weighted by atomic mass is 9.70. The minimum atomic E-state index is -0.412. The van der Waals surface area contributed by atoms with Gasteiger partial charge in [0.25, 0.3) is 0 Å². The summed E-state index contributed by atoms with van der Waals surface area (Å²) in [5.41, 5.74) is 20.2. The minimum absolute atomic E-state index is 0.412. The molecule has 56 heavy (non-hydrogen) atoms. The van der Waals surface area contributed by atoms with E-state index in [1.807, 2.05) is 0 Å². The first kappa shape index (κ1) is 32.9. The van der Waals surface area contributed by atoms with Crippen LogP contribution in [0, 0.1) is 0 Å². The van der Waals surface area contributed by atoms with E-state index in [4.69, 9.17) is 0 Å². The van der Waals surface area contributed by atoms with Crippen molar-refractivity contribution in [3.63, 3.8) is 0 Å². The van der Waals surface area contributed by atoms with Crippen LogP contribution < -0.4 is 4.90 Å². The molecule has 0 atom stereocenters. The quantitative estimate of drug-likeness (QED) is 0.166. The molecular weight excluding hydrogens is 675 g/mol. The van der Waals surface area contributed by atoms with E-state index >= 15 is 0 Å². The summed E-state index contributed by atoms with van der Waals surface area (Å²) in [6.45, 7) is 0. The first-order valence-electron chi connectivity index (χ1n) is 20.4. The first-order chi connectivity index (χ1) is 27.8. The molecule has 3 aliphatic rings. The molecule has 0 bridgehead atoms. The Hall–Kier alpha value is -6.44. The topological polar surface area (TPSA) is 3.24 Å². The summed E-state index contributed by atoms with van der Waals surface area (Å²) in [6, 6.07) is 72.8. The Morgan fingerprint density at radius 3 is 1.46 bits per heavy atom. The van der Waals surface area contributed by atoms with E-state index in [0.717, 1.165) is 11.4 Å². The number of hydrogen-bond acceptors (Lipinski definition) is 1. The number of hydrogen-bond donors (Lipinski definition) is 0.